The summed E-state index contributed by atoms with van der Waals surface area (Å²) >= 11 is 3.19. The van der Waals surface area contributed by atoms with Crippen molar-refractivity contribution in [2.45, 2.75) is 12.8 Å². The Kier molecular flexibility index (Phi) is 4.72. The first-order valence-corrected chi connectivity index (χ1v) is 7.15. The van der Waals surface area contributed by atoms with Crippen LogP contribution in [0.15, 0.2) is 22.7 Å². The Morgan fingerprint density at radius 2 is 2.25 bits per heavy atom. The van der Waals surface area contributed by atoms with Crippen LogP contribution in [0.3, 0.4) is 0 Å². The van der Waals surface area contributed by atoms with Crippen molar-refractivity contribution in [1.29, 1.82) is 0 Å². The van der Waals surface area contributed by atoms with E-state index in [1.807, 2.05) is 0 Å². The zero-order valence-electron chi connectivity index (χ0n) is 10.8. The maximum Gasteiger partial charge on any atom is 0.271 e. The molecule has 0 bridgehead atoms. The molecular weight excluding hydrogens is 328 g/mol. The van der Waals surface area contributed by atoms with E-state index in [1.165, 1.54) is 12.1 Å². The minimum Gasteiger partial charge on any atom is -0.396 e. The molecule has 1 N–H and O–H groups in total. The smallest absolute Gasteiger partial charge is 0.271 e. The highest BCUT2D eigenvalue weighted by molar-refractivity contribution is 9.10. The molecule has 1 atom stereocenters. The Morgan fingerprint density at radius 3 is 2.90 bits per heavy atom. The lowest BCUT2D eigenvalue weighted by Gasteiger charge is -2.16. The first-order valence-electron chi connectivity index (χ1n) is 6.36. The van der Waals surface area contributed by atoms with E-state index in [0.29, 0.717) is 35.5 Å². The molecule has 0 aliphatic carbocycles. The van der Waals surface area contributed by atoms with E-state index < -0.39 is 4.92 Å². The second-order valence-electron chi connectivity index (χ2n) is 4.87. The van der Waals surface area contributed by atoms with Gasteiger partial charge in [-0.2, -0.15) is 0 Å². The van der Waals surface area contributed by atoms with Gasteiger partial charge in [-0.15, -0.1) is 0 Å². The molecule has 2 rings (SSSR count). The molecule has 1 fully saturated rings. The van der Waals surface area contributed by atoms with Crippen LogP contribution >= 0.6 is 15.9 Å². The topological polar surface area (TPSA) is 83.7 Å². The summed E-state index contributed by atoms with van der Waals surface area (Å²) in [5.41, 5.74) is 0.213. The highest BCUT2D eigenvalue weighted by Crippen LogP contribution is 2.25. The van der Waals surface area contributed by atoms with Gasteiger partial charge in [0.25, 0.3) is 11.6 Å². The van der Waals surface area contributed by atoms with Crippen LogP contribution in [0.25, 0.3) is 0 Å². The van der Waals surface area contributed by atoms with E-state index >= 15 is 0 Å². The molecule has 108 valence electrons. The number of carbonyl (C=O) groups is 1. The van der Waals surface area contributed by atoms with Gasteiger partial charge < -0.3 is 10.0 Å². The molecule has 6 nitrogen and oxygen atoms in total. The predicted molar refractivity (Wildman–Crippen MR) is 76.5 cm³/mol. The fourth-order valence-corrected chi connectivity index (χ4v) is 2.90. The van der Waals surface area contributed by atoms with E-state index in [1.54, 1.807) is 11.0 Å². The molecule has 1 aliphatic rings. The van der Waals surface area contributed by atoms with Gasteiger partial charge in [0.1, 0.15) is 0 Å². The number of aliphatic hydroxyl groups excluding tert-OH is 1. The number of hydrogen-bond acceptors (Lipinski definition) is 4. The molecule has 0 spiro atoms. The Bertz CT molecular complexity index is 535. The molecule has 0 radical (unpaired) electrons. The minimum absolute atomic E-state index is 0.103. The Hall–Kier alpha value is -1.47. The fraction of sp³-hybridized carbons (Fsp3) is 0.462. The SMILES string of the molecule is O=C(c1cc(Br)cc([N+](=O)[O-])c1)N1CCC(CCO)C1. The lowest BCUT2D eigenvalue weighted by molar-refractivity contribution is -0.385. The second kappa shape index (κ2) is 6.32. The fourth-order valence-electron chi connectivity index (χ4n) is 2.42. The van der Waals surface area contributed by atoms with Crippen molar-refractivity contribution in [2.75, 3.05) is 19.7 Å². The van der Waals surface area contributed by atoms with Gasteiger partial charge in [-0.25, -0.2) is 0 Å². The molecule has 0 saturated carbocycles. The van der Waals surface area contributed by atoms with Crippen molar-refractivity contribution in [3.8, 4) is 0 Å². The Morgan fingerprint density at radius 1 is 1.50 bits per heavy atom. The predicted octanol–water partition coefficient (Wildman–Crippen LogP) is 2.20. The lowest BCUT2D eigenvalue weighted by atomic mass is 10.1. The number of likely N-dealkylation sites (tertiary alicyclic amines) is 1. The van der Waals surface area contributed by atoms with Gasteiger partial charge >= 0.3 is 0 Å². The van der Waals surface area contributed by atoms with Crippen LogP contribution in [0, 0.1) is 16.0 Å². The maximum atomic E-state index is 12.3. The summed E-state index contributed by atoms with van der Waals surface area (Å²) in [6.07, 6.45) is 1.55. The Labute approximate surface area is 124 Å². The molecule has 0 aromatic heterocycles. The summed E-state index contributed by atoms with van der Waals surface area (Å²) < 4.78 is 0.515. The summed E-state index contributed by atoms with van der Waals surface area (Å²) in [6, 6.07) is 4.26. The first-order chi connectivity index (χ1) is 9.51. The summed E-state index contributed by atoms with van der Waals surface area (Å²) in [5.74, 6) is 0.112. The van der Waals surface area contributed by atoms with Gasteiger partial charge in [-0.3, -0.25) is 14.9 Å². The molecule has 7 heteroatoms. The van der Waals surface area contributed by atoms with E-state index in [4.69, 9.17) is 5.11 Å². The molecule has 1 aromatic rings. The summed E-state index contributed by atoms with van der Waals surface area (Å²) in [6.45, 7) is 1.35. The molecule has 1 saturated heterocycles. The van der Waals surface area contributed by atoms with Crippen molar-refractivity contribution in [3.63, 3.8) is 0 Å². The number of nitro benzene ring substituents is 1. The van der Waals surface area contributed by atoms with E-state index in [2.05, 4.69) is 15.9 Å². The number of halogens is 1. The number of carbonyl (C=O) groups excluding carboxylic acids is 1. The minimum atomic E-state index is -0.514. The van der Waals surface area contributed by atoms with Crippen LogP contribution in [0.4, 0.5) is 5.69 Å². The van der Waals surface area contributed by atoms with Crippen LogP contribution in [0.1, 0.15) is 23.2 Å². The monoisotopic (exact) mass is 342 g/mol. The van der Waals surface area contributed by atoms with Crippen molar-refractivity contribution < 1.29 is 14.8 Å². The third-order valence-electron chi connectivity index (χ3n) is 3.45. The molecule has 1 amide bonds. The number of hydrogen-bond donors (Lipinski definition) is 1. The number of aliphatic hydroxyl groups is 1. The number of amides is 1. The average Bonchev–Trinajstić information content (AvgIpc) is 2.86. The van der Waals surface area contributed by atoms with Crippen molar-refractivity contribution in [2.24, 2.45) is 5.92 Å². The van der Waals surface area contributed by atoms with Crippen LogP contribution in [0.2, 0.25) is 0 Å². The average molecular weight is 343 g/mol. The molecule has 1 aromatic carbocycles. The molecule has 1 aliphatic heterocycles. The summed E-state index contributed by atoms with van der Waals surface area (Å²) in [7, 11) is 0. The number of benzene rings is 1. The van der Waals surface area contributed by atoms with E-state index in [0.717, 1.165) is 6.42 Å². The van der Waals surface area contributed by atoms with Crippen LogP contribution in [-0.2, 0) is 0 Å². The summed E-state index contributed by atoms with van der Waals surface area (Å²) in [5, 5.41) is 19.7. The van der Waals surface area contributed by atoms with Gasteiger partial charge in [0.05, 0.1) is 4.92 Å². The van der Waals surface area contributed by atoms with Crippen molar-refractivity contribution >= 4 is 27.5 Å². The lowest BCUT2D eigenvalue weighted by Crippen LogP contribution is -2.28. The first kappa shape index (κ1) is 14.9. The van der Waals surface area contributed by atoms with E-state index in [9.17, 15) is 14.9 Å². The van der Waals surface area contributed by atoms with Crippen molar-refractivity contribution in [1.82, 2.24) is 4.90 Å². The number of nitrogens with zero attached hydrogens (tertiary/aromatic N) is 2. The van der Waals surface area contributed by atoms with Crippen molar-refractivity contribution in [3.05, 3.63) is 38.3 Å². The zero-order chi connectivity index (χ0) is 14.7. The highest BCUT2D eigenvalue weighted by atomic mass is 79.9. The number of rotatable bonds is 4. The number of nitro groups is 1. The summed E-state index contributed by atoms with van der Waals surface area (Å²) in [4.78, 5) is 24.3. The van der Waals surface area contributed by atoms with E-state index in [-0.39, 0.29) is 18.2 Å². The van der Waals surface area contributed by atoms with Gasteiger partial charge in [0.2, 0.25) is 0 Å². The second-order valence-corrected chi connectivity index (χ2v) is 5.79. The third-order valence-corrected chi connectivity index (χ3v) is 3.91. The van der Waals surface area contributed by atoms with Gasteiger partial charge in [-0.05, 0) is 24.8 Å². The van der Waals surface area contributed by atoms with Crippen LogP contribution < -0.4 is 0 Å². The molecule has 20 heavy (non-hydrogen) atoms. The Balaban J connectivity index is 2.15. The molecule has 1 unspecified atom stereocenters. The maximum absolute atomic E-state index is 12.3. The largest absolute Gasteiger partial charge is 0.396 e. The molecule has 1 heterocycles. The number of non-ortho nitro benzene ring substituents is 1. The standard InChI is InChI=1S/C13H15BrN2O4/c14-11-5-10(6-12(7-11)16(19)20)13(18)15-3-1-9(8-15)2-4-17/h5-7,9,17H,1-4,8H2. The zero-order valence-corrected chi connectivity index (χ0v) is 12.4. The normalized spacial score (nSPS) is 18.3. The van der Waals surface area contributed by atoms with Gasteiger partial charge in [0.15, 0.2) is 0 Å². The molecular formula is C13H15BrN2O4. The van der Waals surface area contributed by atoms with Crippen LogP contribution in [-0.4, -0.2) is 40.5 Å². The quantitative estimate of drug-likeness (QED) is 0.671. The van der Waals surface area contributed by atoms with Gasteiger partial charge in [0, 0.05) is 41.9 Å². The van der Waals surface area contributed by atoms with Crippen LogP contribution in [0.5, 0.6) is 0 Å². The third kappa shape index (κ3) is 3.34. The van der Waals surface area contributed by atoms with Gasteiger partial charge in [-0.1, -0.05) is 15.9 Å². The highest BCUT2D eigenvalue weighted by Gasteiger charge is 2.27.